The van der Waals surface area contributed by atoms with E-state index < -0.39 is 5.97 Å². The molecule has 1 aromatic carbocycles. The number of benzene rings is 1. The van der Waals surface area contributed by atoms with Gasteiger partial charge in [-0.15, -0.1) is 0 Å². The van der Waals surface area contributed by atoms with Crippen molar-refractivity contribution in [2.45, 2.75) is 6.92 Å². The maximum absolute atomic E-state index is 10.9. The lowest BCUT2D eigenvalue weighted by atomic mass is 10.1. The summed E-state index contributed by atoms with van der Waals surface area (Å²) in [6.07, 6.45) is 1.58. The summed E-state index contributed by atoms with van der Waals surface area (Å²) in [6.45, 7) is 2.61. The van der Waals surface area contributed by atoms with Crippen molar-refractivity contribution in [2.75, 3.05) is 20.3 Å². The molecule has 0 bridgehead atoms. The summed E-state index contributed by atoms with van der Waals surface area (Å²) in [4.78, 5) is 10.9. The fourth-order valence-electron chi connectivity index (χ4n) is 1.35. The van der Waals surface area contributed by atoms with Crippen LogP contribution in [0.5, 0.6) is 5.75 Å². The molecule has 0 saturated heterocycles. The van der Waals surface area contributed by atoms with Crippen molar-refractivity contribution in [1.29, 1.82) is 0 Å². The monoisotopic (exact) mass is 236 g/mol. The van der Waals surface area contributed by atoms with Crippen molar-refractivity contribution >= 4 is 12.0 Å². The SMILES string of the molecule is CCOc1ccc(/C=C(\COC)C(=O)O)cc1. The Morgan fingerprint density at radius 2 is 2.00 bits per heavy atom. The number of hydrogen-bond acceptors (Lipinski definition) is 3. The van der Waals surface area contributed by atoms with Crippen LogP contribution in [0.2, 0.25) is 0 Å². The second kappa shape index (κ2) is 6.70. The van der Waals surface area contributed by atoms with Crippen LogP contribution >= 0.6 is 0 Å². The molecule has 0 fully saturated rings. The molecule has 0 aliphatic heterocycles. The number of methoxy groups -OCH3 is 1. The fourth-order valence-corrected chi connectivity index (χ4v) is 1.35. The quantitative estimate of drug-likeness (QED) is 0.769. The van der Waals surface area contributed by atoms with Crippen LogP contribution in [0.25, 0.3) is 6.08 Å². The van der Waals surface area contributed by atoms with E-state index in [1.807, 2.05) is 31.2 Å². The lowest BCUT2D eigenvalue weighted by molar-refractivity contribution is -0.133. The molecule has 17 heavy (non-hydrogen) atoms. The normalized spacial score (nSPS) is 11.3. The van der Waals surface area contributed by atoms with Crippen LogP contribution in [0.4, 0.5) is 0 Å². The van der Waals surface area contributed by atoms with E-state index in [1.165, 1.54) is 7.11 Å². The predicted octanol–water partition coefficient (Wildman–Crippen LogP) is 2.20. The lowest BCUT2D eigenvalue weighted by Gasteiger charge is -2.04. The maximum Gasteiger partial charge on any atom is 0.333 e. The molecular formula is C13H16O4. The van der Waals surface area contributed by atoms with Crippen LogP contribution in [-0.4, -0.2) is 31.4 Å². The Morgan fingerprint density at radius 3 is 2.47 bits per heavy atom. The third-order valence-corrected chi connectivity index (χ3v) is 2.11. The van der Waals surface area contributed by atoms with Gasteiger partial charge in [0.2, 0.25) is 0 Å². The van der Waals surface area contributed by atoms with Gasteiger partial charge in [0.25, 0.3) is 0 Å². The predicted molar refractivity (Wildman–Crippen MR) is 65.1 cm³/mol. The largest absolute Gasteiger partial charge is 0.494 e. The van der Waals surface area contributed by atoms with Gasteiger partial charge in [-0.05, 0) is 30.7 Å². The highest BCUT2D eigenvalue weighted by Gasteiger charge is 2.06. The molecule has 0 amide bonds. The second-order valence-electron chi connectivity index (χ2n) is 3.41. The van der Waals surface area contributed by atoms with Crippen LogP contribution in [0.3, 0.4) is 0 Å². The first-order chi connectivity index (χ1) is 8.17. The molecule has 1 N–H and O–H groups in total. The highest BCUT2D eigenvalue weighted by atomic mass is 16.5. The first-order valence-corrected chi connectivity index (χ1v) is 5.33. The molecule has 0 saturated carbocycles. The summed E-state index contributed by atoms with van der Waals surface area (Å²) in [5, 5.41) is 8.93. The van der Waals surface area contributed by atoms with Crippen LogP contribution in [0, 0.1) is 0 Å². The Hall–Kier alpha value is -1.81. The molecule has 1 rings (SSSR count). The minimum atomic E-state index is -0.972. The minimum Gasteiger partial charge on any atom is -0.494 e. The molecule has 0 spiro atoms. The Balaban J connectivity index is 2.84. The number of rotatable bonds is 6. The van der Waals surface area contributed by atoms with Gasteiger partial charge in [-0.1, -0.05) is 12.1 Å². The molecule has 1 aromatic rings. The smallest absolute Gasteiger partial charge is 0.333 e. The van der Waals surface area contributed by atoms with Gasteiger partial charge in [0.1, 0.15) is 5.75 Å². The van der Waals surface area contributed by atoms with Gasteiger partial charge in [0.15, 0.2) is 0 Å². The van der Waals surface area contributed by atoms with Crippen molar-refractivity contribution in [3.05, 3.63) is 35.4 Å². The highest BCUT2D eigenvalue weighted by molar-refractivity contribution is 5.92. The molecule has 92 valence electrons. The van der Waals surface area contributed by atoms with Gasteiger partial charge in [-0.2, -0.15) is 0 Å². The van der Waals surface area contributed by atoms with E-state index in [4.69, 9.17) is 14.6 Å². The van der Waals surface area contributed by atoms with E-state index in [2.05, 4.69) is 0 Å². The second-order valence-corrected chi connectivity index (χ2v) is 3.41. The van der Waals surface area contributed by atoms with Crippen LogP contribution in [0.1, 0.15) is 12.5 Å². The zero-order valence-corrected chi connectivity index (χ0v) is 9.97. The topological polar surface area (TPSA) is 55.8 Å². The molecule has 0 aliphatic rings. The Labute approximate surface area is 100 Å². The first kappa shape index (κ1) is 13.3. The summed E-state index contributed by atoms with van der Waals surface area (Å²) in [5.74, 6) is -0.200. The van der Waals surface area contributed by atoms with Gasteiger partial charge in [-0.25, -0.2) is 4.79 Å². The van der Waals surface area contributed by atoms with Crippen molar-refractivity contribution < 1.29 is 19.4 Å². The average molecular weight is 236 g/mol. The van der Waals surface area contributed by atoms with Gasteiger partial charge in [0, 0.05) is 7.11 Å². The van der Waals surface area contributed by atoms with E-state index in [0.717, 1.165) is 11.3 Å². The van der Waals surface area contributed by atoms with Crippen LogP contribution in [0.15, 0.2) is 29.8 Å². The van der Waals surface area contributed by atoms with E-state index in [1.54, 1.807) is 6.08 Å². The van der Waals surface area contributed by atoms with Crippen molar-refractivity contribution in [2.24, 2.45) is 0 Å². The third kappa shape index (κ3) is 4.28. The molecule has 0 aromatic heterocycles. The summed E-state index contributed by atoms with van der Waals surface area (Å²) in [7, 11) is 1.47. The molecule has 0 heterocycles. The molecule has 4 heteroatoms. The lowest BCUT2D eigenvalue weighted by Crippen LogP contribution is -2.06. The van der Waals surface area contributed by atoms with Crippen LogP contribution in [-0.2, 0) is 9.53 Å². The van der Waals surface area contributed by atoms with E-state index in [0.29, 0.717) is 6.61 Å². The van der Waals surface area contributed by atoms with Gasteiger partial charge in [0.05, 0.1) is 18.8 Å². The van der Waals surface area contributed by atoms with Crippen molar-refractivity contribution in [3.63, 3.8) is 0 Å². The maximum atomic E-state index is 10.9. The molecule has 0 atom stereocenters. The summed E-state index contributed by atoms with van der Waals surface area (Å²) < 4.78 is 10.1. The standard InChI is InChI=1S/C13H16O4/c1-3-17-12-6-4-10(5-7-12)8-11(9-16-2)13(14)15/h4-8H,3,9H2,1-2H3,(H,14,15)/b11-8+. The number of carboxylic acids is 1. The molecular weight excluding hydrogens is 220 g/mol. The molecule has 4 nitrogen and oxygen atoms in total. The van der Waals surface area contributed by atoms with Crippen LogP contribution < -0.4 is 4.74 Å². The number of carboxylic acid groups (broad SMARTS) is 1. The van der Waals surface area contributed by atoms with Gasteiger partial charge in [-0.3, -0.25) is 0 Å². The summed E-state index contributed by atoms with van der Waals surface area (Å²) >= 11 is 0. The van der Waals surface area contributed by atoms with Crippen molar-refractivity contribution in [1.82, 2.24) is 0 Å². The molecule has 0 aliphatic carbocycles. The first-order valence-electron chi connectivity index (χ1n) is 5.33. The number of carbonyl (C=O) groups is 1. The summed E-state index contributed by atoms with van der Waals surface area (Å²) in [6, 6.07) is 7.23. The average Bonchev–Trinajstić information content (AvgIpc) is 2.31. The molecule has 0 unspecified atom stereocenters. The number of hydrogen-bond donors (Lipinski definition) is 1. The Morgan fingerprint density at radius 1 is 1.35 bits per heavy atom. The fraction of sp³-hybridized carbons (Fsp3) is 0.308. The summed E-state index contributed by atoms with van der Waals surface area (Å²) in [5.41, 5.74) is 1.03. The van der Waals surface area contributed by atoms with Gasteiger partial charge >= 0.3 is 5.97 Å². The molecule has 0 radical (unpaired) electrons. The number of aliphatic carboxylic acids is 1. The van der Waals surface area contributed by atoms with Gasteiger partial charge < -0.3 is 14.6 Å². The van der Waals surface area contributed by atoms with E-state index >= 15 is 0 Å². The van der Waals surface area contributed by atoms with E-state index in [9.17, 15) is 4.79 Å². The zero-order chi connectivity index (χ0) is 12.7. The minimum absolute atomic E-state index is 0.0859. The Kier molecular flexibility index (Phi) is 5.23. The highest BCUT2D eigenvalue weighted by Crippen LogP contribution is 2.14. The Bertz CT molecular complexity index is 392. The third-order valence-electron chi connectivity index (χ3n) is 2.11. The van der Waals surface area contributed by atoms with Crippen molar-refractivity contribution in [3.8, 4) is 5.75 Å². The van der Waals surface area contributed by atoms with E-state index in [-0.39, 0.29) is 12.2 Å². The number of ether oxygens (including phenoxy) is 2. The zero-order valence-electron chi connectivity index (χ0n) is 9.97.